The Morgan fingerprint density at radius 3 is 2.62 bits per heavy atom. The van der Waals surface area contributed by atoms with Crippen LogP contribution in [0.3, 0.4) is 0 Å². The van der Waals surface area contributed by atoms with Gasteiger partial charge in [-0.3, -0.25) is 19.9 Å². The molecule has 24 heavy (non-hydrogen) atoms. The van der Waals surface area contributed by atoms with Crippen molar-refractivity contribution >= 4 is 10.9 Å². The predicted octanol–water partition coefficient (Wildman–Crippen LogP) is 3.91. The summed E-state index contributed by atoms with van der Waals surface area (Å²) in [6, 6.07) is 8.69. The van der Waals surface area contributed by atoms with Crippen LogP contribution in [0.2, 0.25) is 0 Å². The molecule has 4 rings (SSSR count). The maximum Gasteiger partial charge on any atom is 0.0803 e. The summed E-state index contributed by atoms with van der Waals surface area (Å²) in [5.74, 6) is 0. The monoisotopic (exact) mass is 318 g/mol. The molecule has 122 valence electrons. The zero-order valence-corrected chi connectivity index (χ0v) is 14.0. The second-order valence-electron chi connectivity index (χ2n) is 6.48. The minimum absolute atomic E-state index is 0.158. The topological polar surface area (TPSA) is 41.9 Å². The van der Waals surface area contributed by atoms with E-state index in [2.05, 4.69) is 45.0 Å². The summed E-state index contributed by atoms with van der Waals surface area (Å²) in [5, 5.41) is 1.19. The second-order valence-corrected chi connectivity index (χ2v) is 6.48. The lowest BCUT2D eigenvalue weighted by Crippen LogP contribution is -2.35. The van der Waals surface area contributed by atoms with E-state index in [9.17, 15) is 0 Å². The number of hydrogen-bond acceptors (Lipinski definition) is 4. The van der Waals surface area contributed by atoms with Crippen LogP contribution in [0.5, 0.6) is 0 Å². The number of pyridine rings is 1. The Kier molecular flexibility index (Phi) is 4.22. The molecular formula is C20H22N4. The van der Waals surface area contributed by atoms with Gasteiger partial charge in [-0.15, -0.1) is 0 Å². The standard InChI is InChI=1S/C20H22N4/c1-15-17(8-7-16-6-5-9-23-19(15)16)20(18-14-21-10-11-22-18)24-12-3-2-4-13-24/h5-11,14,20H,2-4,12-13H2,1H3. The molecule has 1 atom stereocenters. The van der Waals surface area contributed by atoms with Gasteiger partial charge in [0.2, 0.25) is 0 Å². The summed E-state index contributed by atoms with van der Waals surface area (Å²) in [7, 11) is 0. The van der Waals surface area contributed by atoms with Gasteiger partial charge >= 0.3 is 0 Å². The molecule has 4 nitrogen and oxygen atoms in total. The highest BCUT2D eigenvalue weighted by Gasteiger charge is 2.27. The Morgan fingerprint density at radius 1 is 0.958 bits per heavy atom. The molecule has 1 fully saturated rings. The van der Waals surface area contributed by atoms with Crippen LogP contribution in [-0.4, -0.2) is 32.9 Å². The molecule has 3 aromatic rings. The van der Waals surface area contributed by atoms with Gasteiger partial charge in [-0.25, -0.2) is 0 Å². The van der Waals surface area contributed by atoms with Crippen LogP contribution in [0.4, 0.5) is 0 Å². The van der Waals surface area contributed by atoms with E-state index in [0.29, 0.717) is 0 Å². The van der Waals surface area contributed by atoms with Crippen molar-refractivity contribution in [1.29, 1.82) is 0 Å². The normalized spacial score (nSPS) is 17.0. The van der Waals surface area contributed by atoms with Gasteiger partial charge in [0.05, 0.1) is 23.4 Å². The lowest BCUT2D eigenvalue weighted by molar-refractivity contribution is 0.184. The van der Waals surface area contributed by atoms with Gasteiger partial charge in [-0.1, -0.05) is 24.6 Å². The molecule has 1 aliphatic rings. The number of benzene rings is 1. The van der Waals surface area contributed by atoms with E-state index in [0.717, 1.165) is 24.3 Å². The van der Waals surface area contributed by atoms with E-state index in [1.54, 1.807) is 12.4 Å². The number of aryl methyl sites for hydroxylation is 1. The molecule has 1 unspecified atom stereocenters. The van der Waals surface area contributed by atoms with Gasteiger partial charge in [0.1, 0.15) is 0 Å². The molecule has 3 heterocycles. The van der Waals surface area contributed by atoms with Crippen LogP contribution in [0.1, 0.15) is 42.1 Å². The van der Waals surface area contributed by atoms with E-state index in [1.165, 1.54) is 35.8 Å². The van der Waals surface area contributed by atoms with Crippen molar-refractivity contribution < 1.29 is 0 Å². The molecule has 1 aromatic carbocycles. The highest BCUT2D eigenvalue weighted by atomic mass is 15.2. The largest absolute Gasteiger partial charge is 0.291 e. The summed E-state index contributed by atoms with van der Waals surface area (Å²) in [6.45, 7) is 4.40. The zero-order chi connectivity index (χ0) is 16.4. The van der Waals surface area contributed by atoms with E-state index in [-0.39, 0.29) is 6.04 Å². The van der Waals surface area contributed by atoms with Crippen LogP contribution < -0.4 is 0 Å². The number of fused-ring (bicyclic) bond motifs is 1. The van der Waals surface area contributed by atoms with Crippen molar-refractivity contribution in [2.24, 2.45) is 0 Å². The maximum absolute atomic E-state index is 4.63. The average molecular weight is 318 g/mol. The molecule has 0 saturated carbocycles. The van der Waals surface area contributed by atoms with Gasteiger partial charge in [-0.05, 0) is 50.0 Å². The second kappa shape index (κ2) is 6.65. The fraction of sp³-hybridized carbons (Fsp3) is 0.350. The minimum atomic E-state index is 0.158. The van der Waals surface area contributed by atoms with E-state index in [4.69, 9.17) is 0 Å². The van der Waals surface area contributed by atoms with Crippen molar-refractivity contribution in [2.45, 2.75) is 32.2 Å². The summed E-state index contributed by atoms with van der Waals surface area (Å²) < 4.78 is 0. The summed E-state index contributed by atoms with van der Waals surface area (Å²) in [6.07, 6.45) is 11.1. The molecule has 4 heteroatoms. The van der Waals surface area contributed by atoms with Gasteiger partial charge in [-0.2, -0.15) is 0 Å². The number of aromatic nitrogens is 3. The maximum atomic E-state index is 4.63. The Morgan fingerprint density at radius 2 is 1.83 bits per heavy atom. The van der Waals surface area contributed by atoms with Crippen molar-refractivity contribution in [3.05, 3.63) is 65.9 Å². The third-order valence-electron chi connectivity index (χ3n) is 4.98. The van der Waals surface area contributed by atoms with Gasteiger partial charge in [0, 0.05) is 24.0 Å². The van der Waals surface area contributed by atoms with Crippen molar-refractivity contribution in [3.63, 3.8) is 0 Å². The smallest absolute Gasteiger partial charge is 0.0803 e. The highest BCUT2D eigenvalue weighted by molar-refractivity contribution is 5.82. The SMILES string of the molecule is Cc1c(C(c2cnccn2)N2CCCCC2)ccc2cccnc12. The molecule has 2 aromatic heterocycles. The molecule has 0 spiro atoms. The quantitative estimate of drug-likeness (QED) is 0.734. The fourth-order valence-electron chi connectivity index (χ4n) is 3.77. The summed E-state index contributed by atoms with van der Waals surface area (Å²) in [5.41, 5.74) is 4.65. The van der Waals surface area contributed by atoms with Crippen molar-refractivity contribution in [3.8, 4) is 0 Å². The fourth-order valence-corrected chi connectivity index (χ4v) is 3.77. The van der Waals surface area contributed by atoms with Crippen LogP contribution in [-0.2, 0) is 0 Å². The number of likely N-dealkylation sites (tertiary alicyclic amines) is 1. The van der Waals surface area contributed by atoms with Crippen molar-refractivity contribution in [1.82, 2.24) is 19.9 Å². The molecule has 1 saturated heterocycles. The summed E-state index contributed by atoms with van der Waals surface area (Å²) >= 11 is 0. The number of hydrogen-bond donors (Lipinski definition) is 0. The lowest BCUT2D eigenvalue weighted by atomic mass is 9.93. The van der Waals surface area contributed by atoms with E-state index < -0.39 is 0 Å². The molecule has 0 aliphatic carbocycles. The lowest BCUT2D eigenvalue weighted by Gasteiger charge is -2.35. The first-order chi connectivity index (χ1) is 11.8. The third-order valence-corrected chi connectivity index (χ3v) is 4.98. The summed E-state index contributed by atoms with van der Waals surface area (Å²) in [4.78, 5) is 16.1. The first-order valence-corrected chi connectivity index (χ1v) is 8.69. The predicted molar refractivity (Wildman–Crippen MR) is 95.8 cm³/mol. The molecule has 0 amide bonds. The molecule has 1 aliphatic heterocycles. The van der Waals surface area contributed by atoms with Gasteiger partial charge in [0.15, 0.2) is 0 Å². The third kappa shape index (κ3) is 2.78. The first kappa shape index (κ1) is 15.2. The molecule has 0 bridgehead atoms. The Bertz CT molecular complexity index is 825. The van der Waals surface area contributed by atoms with Crippen LogP contribution in [0, 0.1) is 6.92 Å². The highest BCUT2D eigenvalue weighted by Crippen LogP contribution is 2.33. The Balaban J connectivity index is 1.85. The van der Waals surface area contributed by atoms with Crippen LogP contribution in [0.25, 0.3) is 10.9 Å². The number of piperidine rings is 1. The van der Waals surface area contributed by atoms with Crippen LogP contribution in [0.15, 0.2) is 49.1 Å². The van der Waals surface area contributed by atoms with E-state index in [1.807, 2.05) is 18.5 Å². The van der Waals surface area contributed by atoms with Gasteiger partial charge < -0.3 is 0 Å². The molecule has 0 radical (unpaired) electrons. The number of rotatable bonds is 3. The first-order valence-electron chi connectivity index (χ1n) is 8.69. The zero-order valence-electron chi connectivity index (χ0n) is 14.0. The Hall–Kier alpha value is -2.33. The van der Waals surface area contributed by atoms with E-state index >= 15 is 0 Å². The van der Waals surface area contributed by atoms with Gasteiger partial charge in [0.25, 0.3) is 0 Å². The molecule has 0 N–H and O–H groups in total. The van der Waals surface area contributed by atoms with Crippen LogP contribution >= 0.6 is 0 Å². The minimum Gasteiger partial charge on any atom is -0.291 e. The van der Waals surface area contributed by atoms with Crippen molar-refractivity contribution in [2.75, 3.05) is 13.1 Å². The average Bonchev–Trinajstić information content (AvgIpc) is 2.66. The Labute approximate surface area is 142 Å². The number of nitrogens with zero attached hydrogens (tertiary/aromatic N) is 4. The molecular weight excluding hydrogens is 296 g/mol.